The number of thioether (sulfide) groups is 1. The highest BCUT2D eigenvalue weighted by atomic mass is 35.5. The number of carbonyl (C=O) groups excluding carboxylic acids is 2. The molecule has 0 bridgehead atoms. The van der Waals surface area contributed by atoms with E-state index in [-0.39, 0.29) is 17.4 Å². The topological polar surface area (TPSA) is 46.2 Å². The molecule has 0 aliphatic rings. The molecule has 24 heavy (non-hydrogen) atoms. The summed E-state index contributed by atoms with van der Waals surface area (Å²) in [4.78, 5) is 24.6. The first-order valence-corrected chi connectivity index (χ1v) is 9.12. The molecule has 0 saturated heterocycles. The molecule has 2 aromatic rings. The molecule has 0 aromatic heterocycles. The highest BCUT2D eigenvalue weighted by Gasteiger charge is 2.18. The van der Waals surface area contributed by atoms with E-state index in [1.807, 2.05) is 30.3 Å². The van der Waals surface area contributed by atoms with Crippen molar-refractivity contribution in [2.75, 3.05) is 5.75 Å². The van der Waals surface area contributed by atoms with E-state index in [1.54, 1.807) is 18.2 Å². The van der Waals surface area contributed by atoms with E-state index >= 15 is 0 Å². The van der Waals surface area contributed by atoms with Gasteiger partial charge in [-0.15, -0.1) is 11.8 Å². The Balaban J connectivity index is 1.95. The van der Waals surface area contributed by atoms with Gasteiger partial charge in [-0.2, -0.15) is 0 Å². The van der Waals surface area contributed by atoms with Crippen LogP contribution in [0.15, 0.2) is 53.4 Å². The maximum Gasteiger partial charge on any atom is 0.230 e. The molecule has 1 amide bonds. The van der Waals surface area contributed by atoms with Crippen LogP contribution in [0.5, 0.6) is 0 Å². The van der Waals surface area contributed by atoms with Crippen molar-refractivity contribution in [3.63, 3.8) is 0 Å². The van der Waals surface area contributed by atoms with E-state index < -0.39 is 6.04 Å². The molecule has 0 saturated carbocycles. The van der Waals surface area contributed by atoms with Gasteiger partial charge in [0.25, 0.3) is 0 Å². The van der Waals surface area contributed by atoms with Crippen molar-refractivity contribution >= 4 is 46.7 Å². The molecular weight excluding hydrogens is 365 g/mol. The Labute approximate surface area is 155 Å². The van der Waals surface area contributed by atoms with Gasteiger partial charge >= 0.3 is 0 Å². The van der Waals surface area contributed by atoms with Gasteiger partial charge in [-0.05, 0) is 31.0 Å². The van der Waals surface area contributed by atoms with Crippen molar-refractivity contribution in [3.05, 3.63) is 64.1 Å². The summed E-state index contributed by atoms with van der Waals surface area (Å²) in [6.07, 6.45) is 0.472. The second-order valence-corrected chi connectivity index (χ2v) is 7.06. The first kappa shape index (κ1) is 18.8. The number of halogens is 2. The van der Waals surface area contributed by atoms with Crippen molar-refractivity contribution in [2.24, 2.45) is 0 Å². The number of nitrogens with one attached hydrogen (secondary N) is 1. The quantitative estimate of drug-likeness (QED) is 0.722. The standard InChI is InChI=1S/C18H17Cl2NO2S/c1-12(22)16(10-13-6-3-2-4-7-13)21-17(23)11-24-18-14(19)8-5-9-15(18)20/h2-9,16H,10-11H2,1H3,(H,21,23). The fourth-order valence-corrected chi connectivity index (χ4v) is 3.64. The average Bonchev–Trinajstić information content (AvgIpc) is 2.54. The van der Waals surface area contributed by atoms with Crippen LogP contribution in [-0.4, -0.2) is 23.5 Å². The smallest absolute Gasteiger partial charge is 0.230 e. The van der Waals surface area contributed by atoms with Gasteiger partial charge < -0.3 is 5.32 Å². The molecule has 0 spiro atoms. The molecule has 126 valence electrons. The minimum atomic E-state index is -0.540. The number of benzene rings is 2. The number of carbonyl (C=O) groups is 2. The second kappa shape index (κ2) is 9.11. The van der Waals surface area contributed by atoms with Crippen molar-refractivity contribution < 1.29 is 9.59 Å². The second-order valence-electron chi connectivity index (χ2n) is 5.26. The number of Topliss-reactive ketones (excluding diaryl/α,β-unsaturated/α-hetero) is 1. The third kappa shape index (κ3) is 5.55. The third-order valence-corrected chi connectivity index (χ3v) is 5.36. The first-order chi connectivity index (χ1) is 11.5. The van der Waals surface area contributed by atoms with Gasteiger partial charge in [0, 0.05) is 4.90 Å². The Bertz CT molecular complexity index is 702. The zero-order valence-corrected chi connectivity index (χ0v) is 15.4. The summed E-state index contributed by atoms with van der Waals surface area (Å²) in [7, 11) is 0. The van der Waals surface area contributed by atoms with E-state index in [0.29, 0.717) is 21.4 Å². The SMILES string of the molecule is CC(=O)C(Cc1ccccc1)NC(=O)CSc1c(Cl)cccc1Cl. The van der Waals surface area contributed by atoms with Crippen LogP contribution in [0.4, 0.5) is 0 Å². The van der Waals surface area contributed by atoms with E-state index in [9.17, 15) is 9.59 Å². The van der Waals surface area contributed by atoms with Crippen molar-refractivity contribution in [1.29, 1.82) is 0 Å². The Morgan fingerprint density at radius 1 is 1.04 bits per heavy atom. The highest BCUT2D eigenvalue weighted by molar-refractivity contribution is 8.00. The molecule has 0 radical (unpaired) electrons. The van der Waals surface area contributed by atoms with E-state index in [0.717, 1.165) is 5.56 Å². The van der Waals surface area contributed by atoms with Crippen molar-refractivity contribution in [2.45, 2.75) is 24.3 Å². The van der Waals surface area contributed by atoms with Crippen LogP contribution in [0.2, 0.25) is 10.0 Å². The van der Waals surface area contributed by atoms with E-state index in [2.05, 4.69) is 5.32 Å². The monoisotopic (exact) mass is 381 g/mol. The van der Waals surface area contributed by atoms with Gasteiger partial charge in [0.15, 0.2) is 5.78 Å². The summed E-state index contributed by atoms with van der Waals surface area (Å²) in [6.45, 7) is 1.48. The fraction of sp³-hybridized carbons (Fsp3) is 0.222. The summed E-state index contributed by atoms with van der Waals surface area (Å²) in [5, 5.41) is 3.79. The van der Waals surface area contributed by atoms with Crippen LogP contribution < -0.4 is 5.32 Å². The molecule has 0 fully saturated rings. The van der Waals surface area contributed by atoms with Gasteiger partial charge in [0.1, 0.15) is 0 Å². The number of hydrogen-bond acceptors (Lipinski definition) is 3. The molecule has 0 aliphatic heterocycles. The zero-order valence-electron chi connectivity index (χ0n) is 13.1. The lowest BCUT2D eigenvalue weighted by Gasteiger charge is -2.16. The maximum absolute atomic E-state index is 12.2. The zero-order chi connectivity index (χ0) is 17.5. The minimum absolute atomic E-state index is 0.0759. The molecule has 1 unspecified atom stereocenters. The Morgan fingerprint density at radius 3 is 2.25 bits per heavy atom. The first-order valence-electron chi connectivity index (χ1n) is 7.38. The highest BCUT2D eigenvalue weighted by Crippen LogP contribution is 2.33. The normalized spacial score (nSPS) is 11.8. The van der Waals surface area contributed by atoms with E-state index in [1.165, 1.54) is 18.7 Å². The predicted octanol–water partition coefficient (Wildman–Crippen LogP) is 4.40. The van der Waals surface area contributed by atoms with Gasteiger partial charge in [-0.25, -0.2) is 0 Å². The van der Waals surface area contributed by atoms with Gasteiger partial charge in [-0.1, -0.05) is 59.6 Å². The van der Waals surface area contributed by atoms with Gasteiger partial charge in [0.2, 0.25) is 5.91 Å². The Hall–Kier alpha value is -1.49. The van der Waals surface area contributed by atoms with Gasteiger partial charge in [-0.3, -0.25) is 9.59 Å². The van der Waals surface area contributed by atoms with Crippen molar-refractivity contribution in [3.8, 4) is 0 Å². The lowest BCUT2D eigenvalue weighted by atomic mass is 10.0. The summed E-state index contributed by atoms with van der Waals surface area (Å²) in [6, 6.07) is 14.2. The molecular formula is C18H17Cl2NO2S. The van der Waals surface area contributed by atoms with Crippen LogP contribution in [0.1, 0.15) is 12.5 Å². The Morgan fingerprint density at radius 2 is 1.67 bits per heavy atom. The van der Waals surface area contributed by atoms with Crippen LogP contribution in [0.25, 0.3) is 0 Å². The maximum atomic E-state index is 12.2. The van der Waals surface area contributed by atoms with Gasteiger partial charge in [0.05, 0.1) is 21.8 Å². The molecule has 1 N–H and O–H groups in total. The summed E-state index contributed by atoms with van der Waals surface area (Å²) in [5.74, 6) is -0.165. The van der Waals surface area contributed by atoms with Crippen LogP contribution in [-0.2, 0) is 16.0 Å². The van der Waals surface area contributed by atoms with Crippen LogP contribution >= 0.6 is 35.0 Å². The molecule has 6 heteroatoms. The molecule has 2 rings (SSSR count). The number of rotatable bonds is 7. The number of amides is 1. The molecule has 0 heterocycles. The summed E-state index contributed by atoms with van der Waals surface area (Å²) < 4.78 is 0. The van der Waals surface area contributed by atoms with E-state index in [4.69, 9.17) is 23.2 Å². The largest absolute Gasteiger partial charge is 0.345 e. The number of hydrogen-bond donors (Lipinski definition) is 1. The van der Waals surface area contributed by atoms with Crippen molar-refractivity contribution in [1.82, 2.24) is 5.32 Å². The average molecular weight is 382 g/mol. The molecule has 1 atom stereocenters. The van der Waals surface area contributed by atoms with Crippen LogP contribution in [0, 0.1) is 0 Å². The molecule has 3 nitrogen and oxygen atoms in total. The molecule has 2 aromatic carbocycles. The minimum Gasteiger partial charge on any atom is -0.345 e. The number of ketones is 1. The summed E-state index contributed by atoms with van der Waals surface area (Å²) >= 11 is 13.4. The molecule has 0 aliphatic carbocycles. The van der Waals surface area contributed by atoms with Crippen LogP contribution in [0.3, 0.4) is 0 Å². The lowest BCUT2D eigenvalue weighted by molar-refractivity contribution is -0.125. The Kier molecular flexibility index (Phi) is 7.16. The predicted molar refractivity (Wildman–Crippen MR) is 99.9 cm³/mol. The third-order valence-electron chi connectivity index (χ3n) is 3.38. The lowest BCUT2D eigenvalue weighted by Crippen LogP contribution is -2.42. The fourth-order valence-electron chi connectivity index (χ4n) is 2.14. The summed E-state index contributed by atoms with van der Waals surface area (Å²) in [5.41, 5.74) is 1.000.